The molecule has 4 nitrogen and oxygen atoms in total. The Bertz CT molecular complexity index is 1240. The van der Waals surface area contributed by atoms with Crippen LogP contribution in [0.2, 0.25) is 10.0 Å². The summed E-state index contributed by atoms with van der Waals surface area (Å²) >= 11 is 11.9. The van der Waals surface area contributed by atoms with E-state index in [1.165, 1.54) is 18.2 Å². The van der Waals surface area contributed by atoms with Gasteiger partial charge in [-0.25, -0.2) is 8.42 Å². The molecule has 0 aliphatic carbocycles. The first kappa shape index (κ1) is 24.2. The molecule has 0 aromatic heterocycles. The highest BCUT2D eigenvalue weighted by Gasteiger charge is 2.58. The van der Waals surface area contributed by atoms with Crippen LogP contribution in [-0.4, -0.2) is 44.1 Å². The van der Waals surface area contributed by atoms with E-state index in [2.05, 4.69) is 4.99 Å². The Morgan fingerprint density at radius 1 is 1.12 bits per heavy atom. The third-order valence-corrected chi connectivity index (χ3v) is 8.68. The van der Waals surface area contributed by atoms with Crippen LogP contribution in [0, 0.1) is 12.8 Å². The molecule has 1 fully saturated rings. The Balaban J connectivity index is 1.57. The van der Waals surface area contributed by atoms with E-state index in [-0.39, 0.29) is 57.4 Å². The number of carbonyl (C=O) groups excluding carboxylic acids is 1. The molecule has 2 aromatic rings. The molecule has 2 aliphatic rings. The average Bonchev–Trinajstić information content (AvgIpc) is 3.12. The molecule has 176 valence electrons. The molecule has 0 amide bonds. The van der Waals surface area contributed by atoms with E-state index in [4.69, 9.17) is 23.2 Å². The predicted molar refractivity (Wildman–Crippen MR) is 122 cm³/mol. The van der Waals surface area contributed by atoms with Gasteiger partial charge in [-0.05, 0) is 53.8 Å². The maximum absolute atomic E-state index is 14.3. The van der Waals surface area contributed by atoms with Crippen molar-refractivity contribution in [3.8, 4) is 0 Å². The second kappa shape index (κ2) is 8.40. The number of Topliss-reactive ketones (excluding diaryl/α,β-unsaturated/α-hetero) is 1. The third-order valence-electron chi connectivity index (χ3n) is 6.28. The van der Waals surface area contributed by atoms with Crippen molar-refractivity contribution in [3.63, 3.8) is 0 Å². The minimum absolute atomic E-state index is 0.0136. The van der Waals surface area contributed by atoms with E-state index in [1.807, 2.05) is 0 Å². The van der Waals surface area contributed by atoms with Crippen LogP contribution in [0.1, 0.15) is 39.9 Å². The Hall–Kier alpha value is -1.90. The molecule has 0 radical (unpaired) electrons. The summed E-state index contributed by atoms with van der Waals surface area (Å²) in [6, 6.07) is 8.74. The maximum Gasteiger partial charge on any atom is 0.400 e. The molecule has 1 atom stereocenters. The Labute approximate surface area is 199 Å². The number of hydrogen-bond donors (Lipinski definition) is 0. The lowest BCUT2D eigenvalue weighted by Crippen LogP contribution is -2.43. The number of aryl methyl sites for hydroxylation is 1. The molecule has 33 heavy (non-hydrogen) atoms. The number of sulfone groups is 1. The fourth-order valence-corrected chi connectivity index (χ4v) is 6.61. The summed E-state index contributed by atoms with van der Waals surface area (Å²) in [5.41, 5.74) is -0.437. The van der Waals surface area contributed by atoms with E-state index >= 15 is 0 Å². The van der Waals surface area contributed by atoms with Crippen LogP contribution in [0.4, 0.5) is 13.2 Å². The molecule has 1 unspecified atom stereocenters. The van der Waals surface area contributed by atoms with Crippen LogP contribution in [0.25, 0.3) is 0 Å². The molecule has 0 bridgehead atoms. The minimum Gasteiger partial charge on any atom is -0.294 e. The summed E-state index contributed by atoms with van der Waals surface area (Å²) in [4.78, 5) is 16.8. The topological polar surface area (TPSA) is 63.6 Å². The van der Waals surface area contributed by atoms with Gasteiger partial charge in [0.15, 0.2) is 15.6 Å². The normalized spacial score (nSPS) is 22.7. The standard InChI is InChI=1S/C23H20Cl2F3NO3S/c1-13-4-15(2-3-19(13)21(30)5-14-10-33(31,32)11-14)20-9-22(12-29-20,23(26,27)28)16-6-17(24)8-18(25)7-16/h2-4,6-8,14H,5,9-12H2,1H3. The van der Waals surface area contributed by atoms with Gasteiger partial charge in [0.05, 0.1) is 18.1 Å². The fourth-order valence-electron chi connectivity index (χ4n) is 4.51. The largest absolute Gasteiger partial charge is 0.400 e. The molecule has 0 saturated carbocycles. The number of alkyl halides is 3. The molecule has 1 saturated heterocycles. The van der Waals surface area contributed by atoms with E-state index in [9.17, 15) is 26.4 Å². The zero-order valence-corrected chi connectivity index (χ0v) is 19.9. The van der Waals surface area contributed by atoms with Gasteiger partial charge in [0, 0.05) is 34.2 Å². The van der Waals surface area contributed by atoms with Crippen molar-refractivity contribution >= 4 is 44.5 Å². The van der Waals surface area contributed by atoms with Crippen molar-refractivity contribution in [3.05, 3.63) is 68.7 Å². The van der Waals surface area contributed by atoms with Crippen molar-refractivity contribution < 1.29 is 26.4 Å². The maximum atomic E-state index is 14.3. The second-order valence-electron chi connectivity index (χ2n) is 8.78. The number of aliphatic imine (C=N–C) groups is 1. The molecule has 0 spiro atoms. The first-order valence-corrected chi connectivity index (χ1v) is 12.8. The summed E-state index contributed by atoms with van der Waals surface area (Å²) in [5.74, 6) is -0.331. The summed E-state index contributed by atoms with van der Waals surface area (Å²) < 4.78 is 65.4. The summed E-state index contributed by atoms with van der Waals surface area (Å²) in [6.45, 7) is 1.22. The molecule has 4 rings (SSSR count). The Morgan fingerprint density at radius 2 is 1.76 bits per heavy atom. The lowest BCUT2D eigenvalue weighted by atomic mass is 9.76. The van der Waals surface area contributed by atoms with Crippen molar-refractivity contribution in [2.45, 2.75) is 31.4 Å². The van der Waals surface area contributed by atoms with Crippen LogP contribution in [0.3, 0.4) is 0 Å². The fraction of sp³-hybridized carbons (Fsp3) is 0.391. The molecule has 2 aliphatic heterocycles. The van der Waals surface area contributed by atoms with Crippen LogP contribution < -0.4 is 0 Å². The van der Waals surface area contributed by atoms with Crippen LogP contribution >= 0.6 is 23.2 Å². The Morgan fingerprint density at radius 3 is 2.30 bits per heavy atom. The number of halogens is 5. The van der Waals surface area contributed by atoms with Crippen molar-refractivity contribution in [1.82, 2.24) is 0 Å². The lowest BCUT2D eigenvalue weighted by molar-refractivity contribution is -0.183. The van der Waals surface area contributed by atoms with Crippen LogP contribution in [0.15, 0.2) is 41.4 Å². The zero-order valence-electron chi connectivity index (χ0n) is 17.5. The van der Waals surface area contributed by atoms with E-state index in [0.717, 1.165) is 0 Å². The van der Waals surface area contributed by atoms with Gasteiger partial charge in [-0.3, -0.25) is 9.79 Å². The highest BCUT2D eigenvalue weighted by atomic mass is 35.5. The smallest absolute Gasteiger partial charge is 0.294 e. The number of rotatable bonds is 5. The van der Waals surface area contributed by atoms with Crippen molar-refractivity contribution in [2.24, 2.45) is 10.9 Å². The first-order valence-electron chi connectivity index (χ1n) is 10.2. The number of carbonyl (C=O) groups is 1. The number of ketones is 1. The molecule has 2 aromatic carbocycles. The zero-order chi connectivity index (χ0) is 24.2. The molecular weight excluding hydrogens is 498 g/mol. The molecule has 2 heterocycles. The monoisotopic (exact) mass is 517 g/mol. The molecule has 10 heteroatoms. The SMILES string of the molecule is Cc1cc(C2=NCC(c3cc(Cl)cc(Cl)c3)(C(F)(F)F)C2)ccc1C(=O)CC1CS(=O)(=O)C1. The highest BCUT2D eigenvalue weighted by Crippen LogP contribution is 2.48. The van der Waals surface area contributed by atoms with Gasteiger partial charge in [0.2, 0.25) is 0 Å². The summed E-state index contributed by atoms with van der Waals surface area (Å²) in [5, 5.41) is 0.236. The van der Waals surface area contributed by atoms with Gasteiger partial charge in [0.1, 0.15) is 5.41 Å². The van der Waals surface area contributed by atoms with Gasteiger partial charge in [-0.2, -0.15) is 13.2 Å². The van der Waals surface area contributed by atoms with Crippen LogP contribution in [0.5, 0.6) is 0 Å². The number of nitrogens with zero attached hydrogens (tertiary/aromatic N) is 1. The van der Waals surface area contributed by atoms with Gasteiger partial charge >= 0.3 is 6.18 Å². The van der Waals surface area contributed by atoms with E-state index < -0.39 is 28.0 Å². The molecule has 0 N–H and O–H groups in total. The van der Waals surface area contributed by atoms with Crippen molar-refractivity contribution in [2.75, 3.05) is 18.1 Å². The predicted octanol–water partition coefficient (Wildman–Crippen LogP) is 5.61. The minimum atomic E-state index is -4.58. The third kappa shape index (κ3) is 4.70. The van der Waals surface area contributed by atoms with Gasteiger partial charge in [-0.15, -0.1) is 0 Å². The molecular formula is C23H20Cl2F3NO3S. The second-order valence-corrected chi connectivity index (χ2v) is 11.8. The highest BCUT2D eigenvalue weighted by molar-refractivity contribution is 7.92. The van der Waals surface area contributed by atoms with Gasteiger partial charge in [-0.1, -0.05) is 35.3 Å². The van der Waals surface area contributed by atoms with Crippen LogP contribution in [-0.2, 0) is 15.3 Å². The number of benzene rings is 2. The number of hydrogen-bond acceptors (Lipinski definition) is 4. The first-order chi connectivity index (χ1) is 15.3. The van der Waals surface area contributed by atoms with Gasteiger partial charge < -0.3 is 0 Å². The average molecular weight is 518 g/mol. The van der Waals surface area contributed by atoms with Gasteiger partial charge in [0.25, 0.3) is 0 Å². The Kier molecular flexibility index (Phi) is 6.16. The van der Waals surface area contributed by atoms with E-state index in [0.29, 0.717) is 16.7 Å². The van der Waals surface area contributed by atoms with E-state index in [1.54, 1.807) is 25.1 Å². The summed E-state index contributed by atoms with van der Waals surface area (Å²) in [7, 11) is -3.01. The quantitative estimate of drug-likeness (QED) is 0.484. The summed E-state index contributed by atoms with van der Waals surface area (Å²) in [6.07, 6.45) is -4.83. The lowest BCUT2D eigenvalue weighted by Gasteiger charge is -2.31. The van der Waals surface area contributed by atoms with Crippen molar-refractivity contribution in [1.29, 1.82) is 0 Å².